The van der Waals surface area contributed by atoms with Crippen molar-refractivity contribution in [3.8, 4) is 0 Å². The third-order valence-electron chi connectivity index (χ3n) is 3.13. The highest BCUT2D eigenvalue weighted by atomic mass is 32.2. The van der Waals surface area contributed by atoms with Crippen LogP contribution < -0.4 is 0 Å². The molecule has 3 rings (SSSR count). The van der Waals surface area contributed by atoms with Crippen molar-refractivity contribution in [1.29, 1.82) is 0 Å². The second kappa shape index (κ2) is 6.48. The number of H-pyrrole nitrogens is 1. The molecule has 1 heterocycles. The van der Waals surface area contributed by atoms with Gasteiger partial charge in [-0.15, -0.1) is 0 Å². The molecular formula is C14H8F3N3O3S2. The number of nitro benzene ring substituents is 1. The number of hydrogen-bond acceptors (Lipinski definition) is 5. The van der Waals surface area contributed by atoms with E-state index in [-0.39, 0.29) is 4.90 Å². The lowest BCUT2D eigenvalue weighted by Crippen LogP contribution is -2.16. The van der Waals surface area contributed by atoms with Crippen molar-refractivity contribution in [3.05, 3.63) is 52.6 Å². The molecule has 0 saturated carbocycles. The van der Waals surface area contributed by atoms with Gasteiger partial charge in [-0.25, -0.2) is 9.19 Å². The Balaban J connectivity index is 1.98. The van der Waals surface area contributed by atoms with Crippen molar-refractivity contribution < 1.29 is 22.3 Å². The molecule has 1 unspecified atom stereocenters. The number of fused-ring (bicyclic) bond motifs is 1. The topological polar surface area (TPSA) is 88.9 Å². The van der Waals surface area contributed by atoms with Gasteiger partial charge in [0.25, 0.3) is 5.69 Å². The summed E-state index contributed by atoms with van der Waals surface area (Å²) in [6.07, 6.45) is 0. The number of benzene rings is 2. The highest BCUT2D eigenvalue weighted by Gasteiger charge is 2.38. The number of alkyl halides is 3. The standard InChI is InChI=1S/C14H8F3N3O3S2/c15-14(16,17)25(23)8-5-6-12(11(7-8)20(21)22)24-13-18-9-3-1-2-4-10(9)19-13/h1-7H,(H,18,19). The predicted octanol–water partition coefficient (Wildman–Crippen LogP) is 4.25. The molecule has 6 nitrogen and oxygen atoms in total. The van der Waals surface area contributed by atoms with Crippen LogP contribution in [0.4, 0.5) is 18.9 Å². The zero-order chi connectivity index (χ0) is 18.2. The Kier molecular flexibility index (Phi) is 4.52. The first-order valence-corrected chi connectivity index (χ1v) is 8.62. The number of hydrogen-bond donors (Lipinski definition) is 1. The predicted molar refractivity (Wildman–Crippen MR) is 85.8 cm³/mol. The van der Waals surface area contributed by atoms with Crippen LogP contribution in [0.15, 0.2) is 57.4 Å². The number of rotatable bonds is 4. The SMILES string of the molecule is O=[N+]([O-])c1cc(S(=O)C(F)(F)F)ccc1Sc1nc2ccccc2[nH]1. The second-order valence-electron chi connectivity index (χ2n) is 4.76. The summed E-state index contributed by atoms with van der Waals surface area (Å²) in [7, 11) is -3.33. The molecule has 130 valence electrons. The van der Waals surface area contributed by atoms with Crippen LogP contribution in [0.1, 0.15) is 0 Å². The zero-order valence-electron chi connectivity index (χ0n) is 12.1. The molecule has 0 fully saturated rings. The molecule has 0 bridgehead atoms. The summed E-state index contributed by atoms with van der Waals surface area (Å²) in [5, 5.41) is 11.5. The average molecular weight is 387 g/mol. The van der Waals surface area contributed by atoms with Gasteiger partial charge in [0, 0.05) is 6.07 Å². The number of imidazole rings is 1. The van der Waals surface area contributed by atoms with Crippen LogP contribution in [0.3, 0.4) is 0 Å². The molecule has 3 aromatic rings. The molecule has 1 aromatic heterocycles. The summed E-state index contributed by atoms with van der Waals surface area (Å²) in [4.78, 5) is 17.0. The number of aromatic nitrogens is 2. The van der Waals surface area contributed by atoms with Crippen LogP contribution in [0, 0.1) is 10.1 Å². The van der Waals surface area contributed by atoms with E-state index in [1.165, 1.54) is 0 Å². The van der Waals surface area contributed by atoms with E-state index in [0.29, 0.717) is 16.7 Å². The molecular weight excluding hydrogens is 379 g/mol. The van der Waals surface area contributed by atoms with Gasteiger partial charge in [-0.05, 0) is 36.0 Å². The van der Waals surface area contributed by atoms with Gasteiger partial charge in [-0.1, -0.05) is 12.1 Å². The van der Waals surface area contributed by atoms with Crippen LogP contribution >= 0.6 is 11.8 Å². The first kappa shape index (κ1) is 17.4. The van der Waals surface area contributed by atoms with Crippen LogP contribution in [-0.2, 0) is 10.8 Å². The molecule has 0 aliphatic heterocycles. The lowest BCUT2D eigenvalue weighted by atomic mass is 10.3. The van der Waals surface area contributed by atoms with Crippen molar-refractivity contribution in [2.24, 2.45) is 0 Å². The van der Waals surface area contributed by atoms with Gasteiger partial charge in [0.1, 0.15) is 0 Å². The number of aromatic amines is 1. The van der Waals surface area contributed by atoms with Gasteiger partial charge in [-0.2, -0.15) is 13.2 Å². The summed E-state index contributed by atoms with van der Waals surface area (Å²) < 4.78 is 49.0. The van der Waals surface area contributed by atoms with Gasteiger partial charge < -0.3 is 4.98 Å². The molecule has 1 atom stereocenters. The van der Waals surface area contributed by atoms with E-state index in [1.807, 2.05) is 0 Å². The number of nitro groups is 1. The van der Waals surface area contributed by atoms with Crippen LogP contribution in [0.2, 0.25) is 0 Å². The lowest BCUT2D eigenvalue weighted by Gasteiger charge is -2.07. The quantitative estimate of drug-likeness (QED) is 0.534. The van der Waals surface area contributed by atoms with Crippen molar-refractivity contribution in [3.63, 3.8) is 0 Å². The van der Waals surface area contributed by atoms with E-state index in [1.54, 1.807) is 24.3 Å². The van der Waals surface area contributed by atoms with Crippen molar-refractivity contribution >= 4 is 39.3 Å². The van der Waals surface area contributed by atoms with Crippen molar-refractivity contribution in [2.45, 2.75) is 20.5 Å². The minimum atomic E-state index is -4.98. The maximum atomic E-state index is 12.5. The number of nitrogens with zero attached hydrogens (tertiary/aromatic N) is 2. The van der Waals surface area contributed by atoms with Crippen molar-refractivity contribution in [2.75, 3.05) is 0 Å². The summed E-state index contributed by atoms with van der Waals surface area (Å²) in [6.45, 7) is 0. The lowest BCUT2D eigenvalue weighted by molar-refractivity contribution is -0.388. The Morgan fingerprint density at radius 3 is 2.56 bits per heavy atom. The van der Waals surface area contributed by atoms with Gasteiger partial charge in [-0.3, -0.25) is 10.1 Å². The smallest absolute Gasteiger partial charge is 0.333 e. The van der Waals surface area contributed by atoms with E-state index in [9.17, 15) is 27.5 Å². The van der Waals surface area contributed by atoms with Gasteiger partial charge >= 0.3 is 5.51 Å². The fourth-order valence-corrected chi connectivity index (χ4v) is 3.62. The van der Waals surface area contributed by atoms with Crippen LogP contribution in [-0.4, -0.2) is 24.6 Å². The summed E-state index contributed by atoms with van der Waals surface area (Å²) in [5.74, 6) is 0. The van der Waals surface area contributed by atoms with Crippen LogP contribution in [0.25, 0.3) is 11.0 Å². The minimum Gasteiger partial charge on any atom is -0.333 e. The number of halogens is 3. The van der Waals surface area contributed by atoms with Crippen LogP contribution in [0.5, 0.6) is 0 Å². The van der Waals surface area contributed by atoms with Gasteiger partial charge in [0.2, 0.25) is 0 Å². The Bertz CT molecular complexity index is 955. The van der Waals surface area contributed by atoms with E-state index in [0.717, 1.165) is 29.4 Å². The molecule has 0 aliphatic rings. The van der Waals surface area contributed by atoms with E-state index < -0.39 is 31.8 Å². The molecule has 0 aliphatic carbocycles. The highest BCUT2D eigenvalue weighted by molar-refractivity contribution is 7.99. The summed E-state index contributed by atoms with van der Waals surface area (Å²) >= 11 is 0.908. The summed E-state index contributed by atoms with van der Waals surface area (Å²) in [5.41, 5.74) is -4.17. The normalized spacial score (nSPS) is 13.1. The third kappa shape index (κ3) is 3.66. The maximum absolute atomic E-state index is 12.5. The molecule has 0 saturated heterocycles. The van der Waals surface area contributed by atoms with E-state index in [4.69, 9.17) is 0 Å². The van der Waals surface area contributed by atoms with Gasteiger partial charge in [0.15, 0.2) is 16.0 Å². The molecule has 1 N–H and O–H groups in total. The van der Waals surface area contributed by atoms with Gasteiger partial charge in [0.05, 0.1) is 25.7 Å². The Morgan fingerprint density at radius 2 is 1.92 bits per heavy atom. The monoisotopic (exact) mass is 387 g/mol. The first-order chi connectivity index (χ1) is 11.8. The van der Waals surface area contributed by atoms with E-state index >= 15 is 0 Å². The minimum absolute atomic E-state index is 0.0898. The highest BCUT2D eigenvalue weighted by Crippen LogP contribution is 2.37. The number of para-hydroxylation sites is 2. The first-order valence-electron chi connectivity index (χ1n) is 6.65. The largest absolute Gasteiger partial charge is 0.475 e. The molecule has 0 radical (unpaired) electrons. The number of nitrogens with one attached hydrogen (secondary N) is 1. The molecule has 0 amide bonds. The van der Waals surface area contributed by atoms with Crippen molar-refractivity contribution in [1.82, 2.24) is 9.97 Å². The fraction of sp³-hybridized carbons (Fsp3) is 0.0714. The molecule has 11 heteroatoms. The molecule has 0 spiro atoms. The Morgan fingerprint density at radius 1 is 1.20 bits per heavy atom. The zero-order valence-corrected chi connectivity index (χ0v) is 13.7. The van der Waals surface area contributed by atoms with E-state index in [2.05, 4.69) is 9.97 Å². The Labute approximate surface area is 145 Å². The maximum Gasteiger partial charge on any atom is 0.475 e. The molecule has 2 aromatic carbocycles. The fourth-order valence-electron chi connectivity index (χ4n) is 2.06. The molecule has 25 heavy (non-hydrogen) atoms. The second-order valence-corrected chi connectivity index (χ2v) is 7.26. The Hall–Kier alpha value is -2.40. The third-order valence-corrected chi connectivity index (χ3v) is 5.18. The average Bonchev–Trinajstić information content (AvgIpc) is 2.95. The summed E-state index contributed by atoms with van der Waals surface area (Å²) in [6, 6.07) is 9.86.